The van der Waals surface area contributed by atoms with Gasteiger partial charge in [-0.1, -0.05) is 0 Å². The summed E-state index contributed by atoms with van der Waals surface area (Å²) in [6.45, 7) is 5.59. The van der Waals surface area contributed by atoms with Gasteiger partial charge in [-0.3, -0.25) is 9.58 Å². The summed E-state index contributed by atoms with van der Waals surface area (Å²) in [6, 6.07) is 3.63. The predicted octanol–water partition coefficient (Wildman–Crippen LogP) is 1.70. The second kappa shape index (κ2) is 7.53. The molecule has 25 heavy (non-hydrogen) atoms. The number of hydrogen-bond donors (Lipinski definition) is 1. The van der Waals surface area contributed by atoms with Gasteiger partial charge in [-0.05, 0) is 26.0 Å². The van der Waals surface area contributed by atoms with E-state index in [1.165, 1.54) is 0 Å². The number of nitrogens with one attached hydrogen (secondary N) is 1. The maximum atomic E-state index is 12.8. The van der Waals surface area contributed by atoms with Gasteiger partial charge in [0.05, 0.1) is 23.7 Å². The number of furan rings is 1. The zero-order chi connectivity index (χ0) is 18.0. The first-order valence-corrected chi connectivity index (χ1v) is 10.9. The van der Waals surface area contributed by atoms with Crippen molar-refractivity contribution in [2.75, 3.05) is 31.1 Å². The lowest BCUT2D eigenvalue weighted by Gasteiger charge is -2.33. The van der Waals surface area contributed by atoms with Crippen LogP contribution in [0.25, 0.3) is 0 Å². The van der Waals surface area contributed by atoms with E-state index < -0.39 is 10.0 Å². The van der Waals surface area contributed by atoms with Crippen LogP contribution in [0.1, 0.15) is 23.2 Å². The van der Waals surface area contributed by atoms with E-state index in [2.05, 4.69) is 14.7 Å². The highest BCUT2D eigenvalue weighted by Gasteiger charge is 2.29. The van der Waals surface area contributed by atoms with Gasteiger partial charge in [-0.15, -0.1) is 0 Å². The van der Waals surface area contributed by atoms with Crippen LogP contribution >= 0.6 is 11.8 Å². The first-order valence-electron chi connectivity index (χ1n) is 8.25. The summed E-state index contributed by atoms with van der Waals surface area (Å²) in [5, 5.41) is 4.21. The third kappa shape index (κ3) is 3.94. The molecular weight excluding hydrogens is 360 g/mol. The molecule has 0 amide bonds. The average Bonchev–Trinajstić information content (AvgIpc) is 3.18. The summed E-state index contributed by atoms with van der Waals surface area (Å²) in [5.41, 5.74) is 1.14. The number of aryl methyl sites for hydroxylation is 2. The van der Waals surface area contributed by atoms with Gasteiger partial charge in [0.25, 0.3) is 0 Å². The van der Waals surface area contributed by atoms with Crippen LogP contribution in [0.5, 0.6) is 0 Å². The lowest BCUT2D eigenvalue weighted by Crippen LogP contribution is -2.42. The molecule has 1 saturated heterocycles. The lowest BCUT2D eigenvalue weighted by molar-refractivity contribution is 0.193. The molecule has 2 aromatic rings. The van der Waals surface area contributed by atoms with Gasteiger partial charge in [-0.25, -0.2) is 13.1 Å². The van der Waals surface area contributed by atoms with Gasteiger partial charge >= 0.3 is 0 Å². The van der Waals surface area contributed by atoms with E-state index in [0.717, 1.165) is 30.4 Å². The van der Waals surface area contributed by atoms with Crippen LogP contribution in [-0.4, -0.2) is 54.2 Å². The number of sulfonamides is 1. The van der Waals surface area contributed by atoms with Crippen molar-refractivity contribution in [3.05, 3.63) is 35.5 Å². The molecule has 2 aromatic heterocycles. The van der Waals surface area contributed by atoms with Crippen LogP contribution in [0.3, 0.4) is 0 Å². The third-order valence-corrected chi connectivity index (χ3v) is 7.15. The minimum atomic E-state index is -3.63. The summed E-state index contributed by atoms with van der Waals surface area (Å²) in [5.74, 6) is 2.88. The van der Waals surface area contributed by atoms with Crippen LogP contribution in [0.15, 0.2) is 27.7 Å². The van der Waals surface area contributed by atoms with Crippen LogP contribution in [0.4, 0.5) is 0 Å². The Bertz CT molecular complexity index is 809. The molecule has 0 aromatic carbocycles. The van der Waals surface area contributed by atoms with E-state index >= 15 is 0 Å². The number of hydrogen-bond acceptors (Lipinski definition) is 6. The van der Waals surface area contributed by atoms with Crippen molar-refractivity contribution in [3.8, 4) is 0 Å². The molecular formula is C16H24N4O3S2. The van der Waals surface area contributed by atoms with Crippen molar-refractivity contribution in [1.82, 2.24) is 19.4 Å². The van der Waals surface area contributed by atoms with Crippen molar-refractivity contribution < 1.29 is 12.8 Å². The highest BCUT2D eigenvalue weighted by atomic mass is 32.2. The Morgan fingerprint density at radius 3 is 2.64 bits per heavy atom. The molecule has 1 aliphatic rings. The Morgan fingerprint density at radius 1 is 1.36 bits per heavy atom. The molecule has 0 unspecified atom stereocenters. The molecule has 0 bridgehead atoms. The molecule has 1 N–H and O–H groups in total. The van der Waals surface area contributed by atoms with Crippen molar-refractivity contribution in [3.63, 3.8) is 0 Å². The Morgan fingerprint density at radius 2 is 2.08 bits per heavy atom. The SMILES string of the molecule is Cc1nn(C)c(C)c1S(=O)(=O)NC[C@H](c1ccco1)N1CCSCC1. The summed E-state index contributed by atoms with van der Waals surface area (Å²) >= 11 is 1.92. The lowest BCUT2D eigenvalue weighted by atomic mass is 10.2. The van der Waals surface area contributed by atoms with Gasteiger partial charge in [0, 0.05) is 38.2 Å². The van der Waals surface area contributed by atoms with Crippen LogP contribution in [0, 0.1) is 13.8 Å². The molecule has 1 atom stereocenters. The Balaban J connectivity index is 1.80. The molecule has 9 heteroatoms. The molecule has 0 spiro atoms. The van der Waals surface area contributed by atoms with Crippen LogP contribution in [0.2, 0.25) is 0 Å². The standard InChI is InChI=1S/C16H24N4O3S2/c1-12-16(13(2)19(3)18-12)25(21,22)17-11-14(15-5-4-8-23-15)20-6-9-24-10-7-20/h4-5,8,14,17H,6-7,9-11H2,1-3H3/t14-/m1/s1. The number of thioether (sulfide) groups is 1. The molecule has 3 heterocycles. The molecule has 1 aliphatic heterocycles. The first-order chi connectivity index (χ1) is 11.9. The third-order valence-electron chi connectivity index (χ3n) is 4.54. The van der Waals surface area contributed by atoms with Crippen molar-refractivity contribution in [1.29, 1.82) is 0 Å². The highest BCUT2D eigenvalue weighted by molar-refractivity contribution is 7.99. The van der Waals surface area contributed by atoms with Crippen molar-refractivity contribution >= 4 is 21.8 Å². The fourth-order valence-corrected chi connectivity index (χ4v) is 5.59. The fraction of sp³-hybridized carbons (Fsp3) is 0.562. The second-order valence-electron chi connectivity index (χ2n) is 6.16. The predicted molar refractivity (Wildman–Crippen MR) is 98.2 cm³/mol. The molecule has 3 rings (SSSR count). The highest BCUT2D eigenvalue weighted by Crippen LogP contribution is 2.25. The van der Waals surface area contributed by atoms with Gasteiger partial charge in [0.2, 0.25) is 10.0 Å². The fourth-order valence-electron chi connectivity index (χ4n) is 3.18. The molecule has 0 aliphatic carbocycles. The summed E-state index contributed by atoms with van der Waals surface area (Å²) in [4.78, 5) is 2.54. The first kappa shape index (κ1) is 18.5. The second-order valence-corrected chi connectivity index (χ2v) is 9.08. The molecule has 0 saturated carbocycles. The number of aromatic nitrogens is 2. The van der Waals surface area contributed by atoms with Gasteiger partial charge < -0.3 is 4.42 Å². The zero-order valence-corrected chi connectivity index (χ0v) is 16.4. The normalized spacial score (nSPS) is 17.7. The maximum absolute atomic E-state index is 12.8. The van der Waals surface area contributed by atoms with E-state index in [9.17, 15) is 8.42 Å². The summed E-state index contributed by atoms with van der Waals surface area (Å²) in [6.07, 6.45) is 1.63. The van der Waals surface area contributed by atoms with Gasteiger partial charge in [-0.2, -0.15) is 16.9 Å². The summed E-state index contributed by atoms with van der Waals surface area (Å²) < 4.78 is 35.6. The van der Waals surface area contributed by atoms with Crippen LogP contribution in [-0.2, 0) is 17.1 Å². The van der Waals surface area contributed by atoms with Crippen LogP contribution < -0.4 is 4.72 Å². The maximum Gasteiger partial charge on any atom is 0.244 e. The largest absolute Gasteiger partial charge is 0.468 e. The van der Waals surface area contributed by atoms with E-state index in [1.807, 2.05) is 23.9 Å². The minimum absolute atomic E-state index is 0.108. The molecule has 0 radical (unpaired) electrons. The number of rotatable bonds is 6. The Labute approximate surface area is 152 Å². The Hall–Kier alpha value is -1.29. The van der Waals surface area contributed by atoms with E-state index in [4.69, 9.17) is 4.42 Å². The number of nitrogens with zero attached hydrogens (tertiary/aromatic N) is 3. The quantitative estimate of drug-likeness (QED) is 0.816. The average molecular weight is 385 g/mol. The Kier molecular flexibility index (Phi) is 5.57. The molecule has 138 valence electrons. The summed E-state index contributed by atoms with van der Waals surface area (Å²) in [7, 11) is -1.88. The molecule has 7 nitrogen and oxygen atoms in total. The van der Waals surface area contributed by atoms with Gasteiger partial charge in [0.1, 0.15) is 10.7 Å². The smallest absolute Gasteiger partial charge is 0.244 e. The zero-order valence-electron chi connectivity index (χ0n) is 14.7. The molecule has 1 fully saturated rings. The van der Waals surface area contributed by atoms with Crippen molar-refractivity contribution in [2.45, 2.75) is 24.8 Å². The minimum Gasteiger partial charge on any atom is -0.468 e. The topological polar surface area (TPSA) is 80.4 Å². The van der Waals surface area contributed by atoms with E-state index in [0.29, 0.717) is 11.4 Å². The van der Waals surface area contributed by atoms with Crippen molar-refractivity contribution in [2.24, 2.45) is 7.05 Å². The van der Waals surface area contributed by atoms with E-state index in [-0.39, 0.29) is 17.5 Å². The monoisotopic (exact) mass is 384 g/mol. The van der Waals surface area contributed by atoms with E-state index in [1.54, 1.807) is 31.8 Å². The van der Waals surface area contributed by atoms with Gasteiger partial charge in [0.15, 0.2) is 0 Å².